The van der Waals surface area contributed by atoms with E-state index in [0.717, 1.165) is 57.5 Å². The summed E-state index contributed by atoms with van der Waals surface area (Å²) in [7, 11) is 4.21. The van der Waals surface area contributed by atoms with Crippen molar-refractivity contribution >= 4 is 22.5 Å². The van der Waals surface area contributed by atoms with Gasteiger partial charge in [-0.2, -0.15) is 5.01 Å². The van der Waals surface area contributed by atoms with Gasteiger partial charge in [0.2, 0.25) is 5.91 Å². The van der Waals surface area contributed by atoms with Gasteiger partial charge >= 0.3 is 0 Å². The molecule has 4 N–H and O–H groups in total. The number of rotatable bonds is 5. The molecule has 1 aromatic heterocycles. The molecule has 0 saturated carbocycles. The lowest BCUT2D eigenvalue weighted by molar-refractivity contribution is -0.149. The van der Waals surface area contributed by atoms with Crippen LogP contribution in [0, 0.1) is 5.92 Å². The fourth-order valence-corrected chi connectivity index (χ4v) is 6.18. The Morgan fingerprint density at radius 2 is 2.05 bits per heavy atom. The van der Waals surface area contributed by atoms with Crippen LogP contribution in [0.1, 0.15) is 32.1 Å². The van der Waals surface area contributed by atoms with Crippen molar-refractivity contribution in [1.82, 2.24) is 35.4 Å². The Morgan fingerprint density at radius 1 is 1.13 bits per heavy atom. The van der Waals surface area contributed by atoms with Gasteiger partial charge in [0, 0.05) is 49.0 Å². The van der Waals surface area contributed by atoms with E-state index in [9.17, 15) is 4.79 Å². The molecule has 6 rings (SSSR count). The number of hydrogen-bond donors (Lipinski definition) is 4. The van der Waals surface area contributed by atoms with E-state index < -0.39 is 0 Å². The second-order valence-electron chi connectivity index (χ2n) is 11.2. The number of ether oxygens (including phenoxy) is 1. The topological polar surface area (TPSA) is 89.1 Å². The summed E-state index contributed by atoms with van der Waals surface area (Å²) >= 11 is 0. The Morgan fingerprint density at radius 3 is 2.95 bits per heavy atom. The minimum absolute atomic E-state index is 0.0422. The number of fused-ring (bicyclic) bond motifs is 7. The van der Waals surface area contributed by atoms with Gasteiger partial charge in [-0.15, -0.1) is 0 Å². The van der Waals surface area contributed by atoms with Crippen LogP contribution in [0.3, 0.4) is 0 Å². The minimum Gasteiger partial charge on any atom is -0.363 e. The van der Waals surface area contributed by atoms with Crippen LogP contribution in [0.5, 0.6) is 0 Å². The van der Waals surface area contributed by atoms with Crippen molar-refractivity contribution in [3.8, 4) is 0 Å². The SMILES string of the molecule is CN(C)CCn1ccc2cc(NC3NCC4C(=O)N5C/C=C\CCCOC6CCCC(N6)N5C4N3)ccc21. The Bertz CT molecular complexity index is 1150. The molecule has 1 amide bonds. The highest BCUT2D eigenvalue weighted by molar-refractivity contribution is 5.84. The van der Waals surface area contributed by atoms with Crippen molar-refractivity contribution in [2.24, 2.45) is 5.92 Å². The van der Waals surface area contributed by atoms with Gasteiger partial charge in [0.1, 0.15) is 12.5 Å². The molecule has 206 valence electrons. The molecule has 0 radical (unpaired) electrons. The number of benzene rings is 1. The third-order valence-corrected chi connectivity index (χ3v) is 8.19. The number of nitrogens with one attached hydrogen (secondary N) is 4. The summed E-state index contributed by atoms with van der Waals surface area (Å²) in [6.07, 6.45) is 11.4. The standard InChI is InChI=1S/C28H42N8O2/c1-33(2)15-16-34-14-12-20-18-21(10-11-23(20)34)30-28-29-19-22-26(32-28)36-24-8-7-9-25(31-24)38-17-6-4-3-5-13-35(36)27(22)37/h3,5,10-12,14,18,22,24-26,28-32H,4,6-9,13,15-17,19H2,1-2H3/b5-3-. The third kappa shape index (κ3) is 5.34. The zero-order valence-electron chi connectivity index (χ0n) is 22.6. The lowest BCUT2D eigenvalue weighted by Gasteiger charge is -2.45. The van der Waals surface area contributed by atoms with Crippen LogP contribution in [-0.2, 0) is 16.1 Å². The van der Waals surface area contributed by atoms with Crippen molar-refractivity contribution in [2.45, 2.75) is 63.5 Å². The molecule has 5 atom stereocenters. The number of carbonyl (C=O) groups is 1. The molecule has 2 aromatic rings. The molecule has 3 saturated heterocycles. The number of aromatic nitrogens is 1. The number of carbonyl (C=O) groups excluding carboxylic acids is 1. The number of piperidine rings is 1. The van der Waals surface area contributed by atoms with Crippen LogP contribution >= 0.6 is 0 Å². The van der Waals surface area contributed by atoms with Gasteiger partial charge in [-0.05, 0) is 70.5 Å². The van der Waals surface area contributed by atoms with Gasteiger partial charge in [0.25, 0.3) is 0 Å². The van der Waals surface area contributed by atoms with Crippen LogP contribution in [0.4, 0.5) is 5.69 Å². The first-order valence-corrected chi connectivity index (χ1v) is 14.2. The second kappa shape index (κ2) is 11.3. The van der Waals surface area contributed by atoms with E-state index in [-0.39, 0.29) is 36.7 Å². The van der Waals surface area contributed by atoms with Crippen molar-refractivity contribution in [3.63, 3.8) is 0 Å². The number of amides is 1. The quantitative estimate of drug-likeness (QED) is 0.443. The van der Waals surface area contributed by atoms with Gasteiger partial charge < -0.3 is 19.5 Å². The highest BCUT2D eigenvalue weighted by Crippen LogP contribution is 2.32. The number of nitrogens with zero attached hydrogens (tertiary/aromatic N) is 4. The van der Waals surface area contributed by atoms with Crippen molar-refractivity contribution in [3.05, 3.63) is 42.6 Å². The molecule has 38 heavy (non-hydrogen) atoms. The summed E-state index contributed by atoms with van der Waals surface area (Å²) in [4.78, 5) is 15.8. The maximum absolute atomic E-state index is 13.5. The van der Waals surface area contributed by atoms with E-state index in [1.165, 1.54) is 10.9 Å². The van der Waals surface area contributed by atoms with Gasteiger partial charge in [-0.25, -0.2) is 0 Å². The van der Waals surface area contributed by atoms with Gasteiger partial charge in [0.05, 0.1) is 24.8 Å². The summed E-state index contributed by atoms with van der Waals surface area (Å²) in [5, 5.41) is 20.0. The molecule has 0 aliphatic carbocycles. The van der Waals surface area contributed by atoms with Crippen LogP contribution < -0.4 is 21.3 Å². The molecule has 2 bridgehead atoms. The van der Waals surface area contributed by atoms with E-state index in [1.54, 1.807) is 0 Å². The van der Waals surface area contributed by atoms with Crippen LogP contribution in [0.25, 0.3) is 10.9 Å². The molecule has 4 aliphatic heterocycles. The number of anilines is 1. The van der Waals surface area contributed by atoms with Crippen molar-refractivity contribution in [2.75, 3.05) is 45.7 Å². The fraction of sp³-hybridized carbons (Fsp3) is 0.607. The third-order valence-electron chi connectivity index (χ3n) is 8.19. The molecule has 10 nitrogen and oxygen atoms in total. The lowest BCUT2D eigenvalue weighted by Crippen LogP contribution is -2.68. The minimum atomic E-state index is -0.148. The number of likely N-dealkylation sites (N-methyl/N-ethyl adjacent to an activating group) is 1. The number of allylic oxidation sites excluding steroid dienone is 1. The van der Waals surface area contributed by atoms with Crippen molar-refractivity contribution in [1.29, 1.82) is 0 Å². The average Bonchev–Trinajstić information content (AvgIpc) is 3.44. The van der Waals surface area contributed by atoms with Crippen LogP contribution in [-0.4, -0.2) is 90.6 Å². The van der Waals surface area contributed by atoms with E-state index >= 15 is 0 Å². The molecule has 1 aromatic carbocycles. The molecule has 0 spiro atoms. The summed E-state index contributed by atoms with van der Waals surface area (Å²) in [6.45, 7) is 3.97. The predicted octanol–water partition coefficient (Wildman–Crippen LogP) is 1.89. The highest BCUT2D eigenvalue weighted by Gasteiger charge is 2.52. The number of hydrazine groups is 1. The monoisotopic (exact) mass is 522 g/mol. The van der Waals surface area contributed by atoms with Gasteiger partial charge in [-0.3, -0.25) is 25.8 Å². The molecule has 10 heteroatoms. The van der Waals surface area contributed by atoms with E-state index in [4.69, 9.17) is 4.74 Å². The molecule has 5 unspecified atom stereocenters. The number of hydrogen-bond acceptors (Lipinski definition) is 8. The molecule has 4 aliphatic rings. The Labute approximate surface area is 225 Å². The zero-order valence-corrected chi connectivity index (χ0v) is 22.6. The fourth-order valence-electron chi connectivity index (χ4n) is 6.18. The molecule has 5 heterocycles. The van der Waals surface area contributed by atoms with E-state index in [0.29, 0.717) is 13.1 Å². The smallest absolute Gasteiger partial charge is 0.244 e. The van der Waals surface area contributed by atoms with Gasteiger partial charge in [0.15, 0.2) is 0 Å². The van der Waals surface area contributed by atoms with Crippen LogP contribution in [0.2, 0.25) is 0 Å². The van der Waals surface area contributed by atoms with Crippen LogP contribution in [0.15, 0.2) is 42.6 Å². The highest BCUT2D eigenvalue weighted by atomic mass is 16.5. The van der Waals surface area contributed by atoms with E-state index in [1.807, 2.05) is 5.01 Å². The molecular weight excluding hydrogens is 480 g/mol. The molecule has 3 fully saturated rings. The Kier molecular flexibility index (Phi) is 7.69. The summed E-state index contributed by atoms with van der Waals surface area (Å²) in [5.74, 6) is 0.0448. The largest absolute Gasteiger partial charge is 0.363 e. The average molecular weight is 523 g/mol. The Hall–Kier alpha value is -2.47. The predicted molar refractivity (Wildman–Crippen MR) is 149 cm³/mol. The maximum Gasteiger partial charge on any atom is 0.244 e. The summed E-state index contributed by atoms with van der Waals surface area (Å²) in [6, 6.07) is 8.71. The Balaban J connectivity index is 1.18. The summed E-state index contributed by atoms with van der Waals surface area (Å²) < 4.78 is 8.44. The van der Waals surface area contributed by atoms with E-state index in [2.05, 4.69) is 92.5 Å². The summed E-state index contributed by atoms with van der Waals surface area (Å²) in [5.41, 5.74) is 2.29. The second-order valence-corrected chi connectivity index (χ2v) is 11.2. The molecular formula is C28H42N8O2. The lowest BCUT2D eigenvalue weighted by atomic mass is 10.0. The first-order valence-electron chi connectivity index (χ1n) is 14.2. The maximum atomic E-state index is 13.5. The first-order chi connectivity index (χ1) is 18.6. The first kappa shape index (κ1) is 25.8. The normalized spacial score (nSPS) is 31.5. The zero-order chi connectivity index (χ0) is 26.1. The van der Waals surface area contributed by atoms with Gasteiger partial charge in [-0.1, -0.05) is 12.2 Å². The van der Waals surface area contributed by atoms with Crippen molar-refractivity contribution < 1.29 is 9.53 Å².